The largest absolute Gasteiger partial charge is 0.302 e. The van der Waals surface area contributed by atoms with E-state index in [0.717, 1.165) is 17.4 Å². The lowest BCUT2D eigenvalue weighted by Crippen LogP contribution is -1.96. The van der Waals surface area contributed by atoms with Gasteiger partial charge < -0.3 is 4.79 Å². The first-order valence-corrected chi connectivity index (χ1v) is 7.47. The van der Waals surface area contributed by atoms with Crippen LogP contribution in [0.25, 0.3) is 11.1 Å². The van der Waals surface area contributed by atoms with E-state index in [1.807, 2.05) is 59.3 Å². The lowest BCUT2D eigenvalue weighted by atomic mass is 9.99. The van der Waals surface area contributed by atoms with Crippen molar-refractivity contribution in [2.75, 3.05) is 0 Å². The van der Waals surface area contributed by atoms with E-state index in [-0.39, 0.29) is 5.92 Å². The van der Waals surface area contributed by atoms with E-state index in [2.05, 4.69) is 12.1 Å². The molecular formula is C18H14OS. The molecule has 0 amide bonds. The average Bonchev–Trinajstić information content (AvgIpc) is 3.17. The highest BCUT2D eigenvalue weighted by Crippen LogP contribution is 2.43. The maximum absolute atomic E-state index is 11.1. The second-order valence-electron chi connectivity index (χ2n) is 4.58. The first-order chi connectivity index (χ1) is 9.92. The number of carbonyl (C=O) groups is 1. The Kier molecular flexibility index (Phi) is 3.75. The topological polar surface area (TPSA) is 17.1 Å². The predicted octanol–water partition coefficient (Wildman–Crippen LogP) is 4.75. The molecule has 0 atom stereocenters. The van der Waals surface area contributed by atoms with Crippen LogP contribution >= 0.6 is 11.3 Å². The molecule has 0 N–H and O–H groups in total. The Hall–Kier alpha value is -2.19. The molecule has 98 valence electrons. The Labute approximate surface area is 122 Å². The second-order valence-corrected chi connectivity index (χ2v) is 5.40. The molecule has 0 bridgehead atoms. The second kappa shape index (κ2) is 5.85. The molecule has 0 fully saturated rings. The van der Waals surface area contributed by atoms with Crippen LogP contribution in [0.3, 0.4) is 0 Å². The van der Waals surface area contributed by atoms with Crippen LogP contribution in [0.2, 0.25) is 0 Å². The summed E-state index contributed by atoms with van der Waals surface area (Å²) in [6.07, 6.45) is 1.03. The minimum Gasteiger partial charge on any atom is -0.302 e. The fraction of sp³-hybridized carbons (Fsp3) is 0.0556. The van der Waals surface area contributed by atoms with Crippen molar-refractivity contribution < 1.29 is 4.79 Å². The van der Waals surface area contributed by atoms with Gasteiger partial charge in [0.05, 0.1) is 5.92 Å². The van der Waals surface area contributed by atoms with Crippen LogP contribution in [-0.2, 0) is 4.79 Å². The Morgan fingerprint density at radius 3 is 1.65 bits per heavy atom. The van der Waals surface area contributed by atoms with E-state index in [1.54, 1.807) is 11.3 Å². The van der Waals surface area contributed by atoms with Crippen LogP contribution in [0.4, 0.5) is 0 Å². The van der Waals surface area contributed by atoms with Crippen LogP contribution in [0.5, 0.6) is 0 Å². The van der Waals surface area contributed by atoms with Crippen molar-refractivity contribution in [3.8, 4) is 11.1 Å². The summed E-state index contributed by atoms with van der Waals surface area (Å²) in [5.74, 6) is -0.0719. The molecule has 0 saturated carbocycles. The van der Waals surface area contributed by atoms with E-state index < -0.39 is 0 Å². The maximum Gasteiger partial charge on any atom is 0.131 e. The quantitative estimate of drug-likeness (QED) is 0.587. The number of carbonyl (C=O) groups excluding carboxylic acids is 1. The van der Waals surface area contributed by atoms with Gasteiger partial charge in [-0.15, -0.1) is 0 Å². The van der Waals surface area contributed by atoms with Crippen molar-refractivity contribution in [3.63, 3.8) is 0 Å². The smallest absolute Gasteiger partial charge is 0.131 e. The fourth-order valence-corrected chi connectivity index (χ4v) is 3.02. The standard InChI is InChI=1S/C14H10O.C4H4S/c15-9-14-12-7-3-1-5-10(12)11-6-2-4-8-13(11)14;1-2-4-5-3-1/h1-9,14H;1-4H. The third-order valence-electron chi connectivity index (χ3n) is 3.44. The minimum absolute atomic E-state index is 0.0719. The van der Waals surface area contributed by atoms with Crippen molar-refractivity contribution >= 4 is 17.6 Å². The molecule has 3 aromatic rings. The van der Waals surface area contributed by atoms with Crippen LogP contribution in [-0.4, -0.2) is 6.29 Å². The molecule has 1 nitrogen and oxygen atoms in total. The van der Waals surface area contributed by atoms with Gasteiger partial charge in [0.2, 0.25) is 0 Å². The zero-order chi connectivity index (χ0) is 13.8. The molecular weight excluding hydrogens is 264 g/mol. The summed E-state index contributed by atoms with van der Waals surface area (Å²) in [6.45, 7) is 0. The number of aldehydes is 1. The molecule has 0 unspecified atom stereocenters. The van der Waals surface area contributed by atoms with E-state index in [9.17, 15) is 4.79 Å². The molecule has 1 aliphatic carbocycles. The summed E-state index contributed by atoms with van der Waals surface area (Å²) < 4.78 is 0. The van der Waals surface area contributed by atoms with Gasteiger partial charge in [0.25, 0.3) is 0 Å². The number of benzene rings is 2. The van der Waals surface area contributed by atoms with Gasteiger partial charge in [-0.25, -0.2) is 0 Å². The molecule has 20 heavy (non-hydrogen) atoms. The highest BCUT2D eigenvalue weighted by Gasteiger charge is 2.26. The Morgan fingerprint density at radius 2 is 1.25 bits per heavy atom. The Morgan fingerprint density at radius 1 is 0.750 bits per heavy atom. The molecule has 1 heterocycles. The molecule has 0 saturated heterocycles. The summed E-state index contributed by atoms with van der Waals surface area (Å²) in [4.78, 5) is 11.1. The zero-order valence-corrected chi connectivity index (χ0v) is 11.7. The summed E-state index contributed by atoms with van der Waals surface area (Å²) in [5.41, 5.74) is 4.66. The van der Waals surface area contributed by atoms with Crippen molar-refractivity contribution in [1.29, 1.82) is 0 Å². The monoisotopic (exact) mass is 278 g/mol. The SMILES string of the molecule is O=CC1c2ccccc2-c2ccccc21.c1ccsc1. The summed E-state index contributed by atoms with van der Waals surface area (Å²) in [6, 6.07) is 20.3. The number of hydrogen-bond donors (Lipinski definition) is 0. The molecule has 0 aliphatic heterocycles. The summed E-state index contributed by atoms with van der Waals surface area (Å²) in [5, 5.41) is 4.08. The van der Waals surface area contributed by atoms with Gasteiger partial charge in [-0.1, -0.05) is 60.7 Å². The van der Waals surface area contributed by atoms with E-state index in [0.29, 0.717) is 0 Å². The fourth-order valence-electron chi connectivity index (χ4n) is 2.57. The Balaban J connectivity index is 0.000000205. The normalized spacial score (nSPS) is 12.0. The predicted molar refractivity (Wildman–Crippen MR) is 84.1 cm³/mol. The highest BCUT2D eigenvalue weighted by molar-refractivity contribution is 7.07. The van der Waals surface area contributed by atoms with Gasteiger partial charge in [0.15, 0.2) is 0 Å². The van der Waals surface area contributed by atoms with Gasteiger partial charge in [-0.2, -0.15) is 11.3 Å². The molecule has 1 aliphatic rings. The van der Waals surface area contributed by atoms with Gasteiger partial charge >= 0.3 is 0 Å². The summed E-state index contributed by atoms with van der Waals surface area (Å²) in [7, 11) is 0. The average molecular weight is 278 g/mol. The van der Waals surface area contributed by atoms with Crippen LogP contribution in [0, 0.1) is 0 Å². The zero-order valence-electron chi connectivity index (χ0n) is 10.9. The molecule has 2 heteroatoms. The molecule has 0 radical (unpaired) electrons. The Bertz CT molecular complexity index is 638. The number of rotatable bonds is 1. The van der Waals surface area contributed by atoms with Gasteiger partial charge in [0.1, 0.15) is 6.29 Å². The third kappa shape index (κ3) is 2.30. The van der Waals surface area contributed by atoms with Crippen LogP contribution in [0.1, 0.15) is 17.0 Å². The maximum atomic E-state index is 11.1. The van der Waals surface area contributed by atoms with Gasteiger partial charge in [-0.3, -0.25) is 0 Å². The van der Waals surface area contributed by atoms with Crippen molar-refractivity contribution in [1.82, 2.24) is 0 Å². The molecule has 2 aromatic carbocycles. The van der Waals surface area contributed by atoms with Crippen LogP contribution < -0.4 is 0 Å². The highest BCUT2D eigenvalue weighted by atomic mass is 32.1. The minimum atomic E-state index is -0.0719. The molecule has 0 spiro atoms. The van der Waals surface area contributed by atoms with Gasteiger partial charge in [-0.05, 0) is 33.0 Å². The number of thiophene rings is 1. The lowest BCUT2D eigenvalue weighted by Gasteiger charge is -2.03. The van der Waals surface area contributed by atoms with Gasteiger partial charge in [0, 0.05) is 0 Å². The van der Waals surface area contributed by atoms with Crippen molar-refractivity contribution in [2.45, 2.75) is 5.92 Å². The third-order valence-corrected chi connectivity index (χ3v) is 4.07. The van der Waals surface area contributed by atoms with E-state index in [1.165, 1.54) is 11.1 Å². The van der Waals surface area contributed by atoms with E-state index in [4.69, 9.17) is 0 Å². The van der Waals surface area contributed by atoms with Crippen molar-refractivity contribution in [3.05, 3.63) is 82.6 Å². The van der Waals surface area contributed by atoms with Crippen molar-refractivity contribution in [2.24, 2.45) is 0 Å². The first kappa shape index (κ1) is 12.8. The lowest BCUT2D eigenvalue weighted by molar-refractivity contribution is -0.108. The molecule has 1 aromatic heterocycles. The van der Waals surface area contributed by atoms with Crippen LogP contribution in [0.15, 0.2) is 71.4 Å². The molecule has 4 rings (SSSR count). The summed E-state index contributed by atoms with van der Waals surface area (Å²) >= 11 is 1.71. The van der Waals surface area contributed by atoms with E-state index >= 15 is 0 Å². The first-order valence-electron chi connectivity index (χ1n) is 6.52. The number of hydrogen-bond acceptors (Lipinski definition) is 2. The number of fused-ring (bicyclic) bond motifs is 3.